The number of nitrogens with one attached hydrogen (secondary N) is 1. The van der Waals surface area contributed by atoms with Gasteiger partial charge in [-0.05, 0) is 30.5 Å². The number of ether oxygens (including phenoxy) is 1. The molecule has 1 N–H and O–H groups in total. The Morgan fingerprint density at radius 3 is 2.41 bits per heavy atom. The molecular weight excluding hydrogens is 346 g/mol. The molecule has 3 amide bonds. The van der Waals surface area contributed by atoms with Crippen molar-refractivity contribution in [3.8, 4) is 5.75 Å². The van der Waals surface area contributed by atoms with Crippen LogP contribution in [0.5, 0.6) is 5.75 Å². The number of fused-ring (bicyclic) bond motifs is 1. The lowest BCUT2D eigenvalue weighted by atomic mass is 9.91. The molecule has 27 heavy (non-hydrogen) atoms. The maximum absolute atomic E-state index is 12.8. The minimum absolute atomic E-state index is 0.0445. The first kappa shape index (κ1) is 19.2. The fourth-order valence-electron chi connectivity index (χ4n) is 3.25. The molecule has 146 valence electrons. The van der Waals surface area contributed by atoms with Crippen molar-refractivity contribution in [3.05, 3.63) is 23.8 Å². The third kappa shape index (κ3) is 4.40. The van der Waals surface area contributed by atoms with E-state index < -0.39 is 6.10 Å². The van der Waals surface area contributed by atoms with Crippen LogP contribution in [0.4, 0.5) is 5.69 Å². The summed E-state index contributed by atoms with van der Waals surface area (Å²) < 4.78 is 5.52. The normalized spacial score (nSPS) is 19.9. The van der Waals surface area contributed by atoms with E-state index in [2.05, 4.69) is 5.32 Å². The Balaban J connectivity index is 1.62. The van der Waals surface area contributed by atoms with Gasteiger partial charge in [-0.1, -0.05) is 20.8 Å². The maximum atomic E-state index is 12.8. The van der Waals surface area contributed by atoms with Gasteiger partial charge in [-0.25, -0.2) is 0 Å². The molecule has 2 aliphatic rings. The van der Waals surface area contributed by atoms with Gasteiger partial charge in [0.2, 0.25) is 5.91 Å². The predicted molar refractivity (Wildman–Crippen MR) is 102 cm³/mol. The number of carbonyl (C=O) groups is 3. The molecule has 2 aliphatic heterocycles. The van der Waals surface area contributed by atoms with Crippen molar-refractivity contribution in [2.24, 2.45) is 5.41 Å². The second kappa shape index (κ2) is 7.21. The molecule has 7 heteroatoms. The fraction of sp³-hybridized carbons (Fsp3) is 0.550. The predicted octanol–water partition coefficient (Wildman–Crippen LogP) is 2.13. The molecule has 3 rings (SSSR count). The van der Waals surface area contributed by atoms with Crippen LogP contribution in [0, 0.1) is 5.41 Å². The van der Waals surface area contributed by atoms with E-state index >= 15 is 0 Å². The molecular formula is C20H27N3O4. The highest BCUT2D eigenvalue weighted by atomic mass is 16.5. The summed E-state index contributed by atoms with van der Waals surface area (Å²) in [6.07, 6.45) is -0.0399. The molecule has 1 fully saturated rings. The van der Waals surface area contributed by atoms with Crippen LogP contribution in [0.1, 0.15) is 44.5 Å². The van der Waals surface area contributed by atoms with Crippen LogP contribution >= 0.6 is 0 Å². The number of carbonyl (C=O) groups excluding carboxylic acids is 3. The van der Waals surface area contributed by atoms with Crippen LogP contribution in [0.25, 0.3) is 0 Å². The average Bonchev–Trinajstić information content (AvgIpc) is 2.60. The zero-order valence-electron chi connectivity index (χ0n) is 16.4. The van der Waals surface area contributed by atoms with E-state index in [4.69, 9.17) is 4.74 Å². The summed E-state index contributed by atoms with van der Waals surface area (Å²) in [6, 6.07) is 5.07. The van der Waals surface area contributed by atoms with Crippen molar-refractivity contribution in [2.75, 3.05) is 31.5 Å². The lowest BCUT2D eigenvalue weighted by molar-refractivity contribution is -0.134. The Bertz CT molecular complexity index is 761. The first-order valence-corrected chi connectivity index (χ1v) is 9.33. The van der Waals surface area contributed by atoms with Gasteiger partial charge in [-0.2, -0.15) is 0 Å². The molecule has 1 atom stereocenters. The Morgan fingerprint density at radius 2 is 1.78 bits per heavy atom. The van der Waals surface area contributed by atoms with Crippen molar-refractivity contribution >= 4 is 23.4 Å². The van der Waals surface area contributed by atoms with Crippen LogP contribution in [0.2, 0.25) is 0 Å². The third-order valence-corrected chi connectivity index (χ3v) is 4.76. The molecule has 7 nitrogen and oxygen atoms in total. The van der Waals surface area contributed by atoms with Gasteiger partial charge in [-0.3, -0.25) is 14.4 Å². The number of nitrogens with zero attached hydrogens (tertiary/aromatic N) is 2. The molecule has 0 aromatic heterocycles. The molecule has 1 aromatic rings. The zero-order valence-corrected chi connectivity index (χ0v) is 16.4. The molecule has 1 unspecified atom stereocenters. The second-order valence-electron chi connectivity index (χ2n) is 8.37. The lowest BCUT2D eigenvalue weighted by Crippen LogP contribution is -2.51. The molecule has 0 aliphatic carbocycles. The van der Waals surface area contributed by atoms with E-state index in [1.807, 2.05) is 25.7 Å². The molecule has 1 saturated heterocycles. The second-order valence-corrected chi connectivity index (χ2v) is 8.37. The summed E-state index contributed by atoms with van der Waals surface area (Å²) in [6.45, 7) is 9.92. The Labute approximate surface area is 159 Å². The average molecular weight is 373 g/mol. The number of piperazine rings is 1. The molecule has 0 radical (unpaired) electrons. The smallest absolute Gasteiger partial charge is 0.265 e. The highest BCUT2D eigenvalue weighted by Crippen LogP contribution is 2.31. The van der Waals surface area contributed by atoms with Crippen molar-refractivity contribution in [1.29, 1.82) is 0 Å². The summed E-state index contributed by atoms with van der Waals surface area (Å²) in [4.78, 5) is 40.5. The number of rotatable bonds is 2. The molecule has 0 saturated carbocycles. The number of amides is 3. The Kier molecular flexibility index (Phi) is 5.13. The SMILES string of the molecule is CC1Oc2ccc(C(=O)N3CCN(C(=O)CC(C)(C)C)CC3)cc2NC1=O. The summed E-state index contributed by atoms with van der Waals surface area (Å²) >= 11 is 0. The van der Waals surface area contributed by atoms with Crippen LogP contribution in [0.3, 0.4) is 0 Å². The van der Waals surface area contributed by atoms with Gasteiger partial charge >= 0.3 is 0 Å². The van der Waals surface area contributed by atoms with Crippen LogP contribution in [0.15, 0.2) is 18.2 Å². The number of hydrogen-bond acceptors (Lipinski definition) is 4. The van der Waals surface area contributed by atoms with Gasteiger partial charge in [-0.15, -0.1) is 0 Å². The molecule has 0 bridgehead atoms. The summed E-state index contributed by atoms with van der Waals surface area (Å²) in [5.74, 6) is 0.375. The van der Waals surface area contributed by atoms with E-state index in [0.29, 0.717) is 49.6 Å². The van der Waals surface area contributed by atoms with Crippen molar-refractivity contribution < 1.29 is 19.1 Å². The van der Waals surface area contributed by atoms with E-state index in [9.17, 15) is 14.4 Å². The Hall–Kier alpha value is -2.57. The standard InChI is InChI=1S/C20H27N3O4/c1-13-18(25)21-15-11-14(5-6-16(15)27-13)19(26)23-9-7-22(8-10-23)17(24)12-20(2,3)4/h5-6,11,13H,7-10,12H2,1-4H3,(H,21,25). The van der Waals surface area contributed by atoms with Crippen molar-refractivity contribution in [3.63, 3.8) is 0 Å². The minimum Gasteiger partial charge on any atom is -0.479 e. The lowest BCUT2D eigenvalue weighted by Gasteiger charge is -2.36. The third-order valence-electron chi connectivity index (χ3n) is 4.76. The topological polar surface area (TPSA) is 79.0 Å². The van der Waals surface area contributed by atoms with Gasteiger partial charge in [0.1, 0.15) is 5.75 Å². The number of hydrogen-bond donors (Lipinski definition) is 1. The van der Waals surface area contributed by atoms with Gasteiger partial charge in [0.05, 0.1) is 5.69 Å². The minimum atomic E-state index is -0.544. The van der Waals surface area contributed by atoms with Crippen LogP contribution < -0.4 is 10.1 Å². The zero-order chi connectivity index (χ0) is 19.8. The molecule has 1 aromatic carbocycles. The van der Waals surface area contributed by atoms with Crippen LogP contribution in [-0.2, 0) is 9.59 Å². The van der Waals surface area contributed by atoms with Gasteiger partial charge < -0.3 is 19.9 Å². The maximum Gasteiger partial charge on any atom is 0.265 e. The van der Waals surface area contributed by atoms with Crippen molar-refractivity contribution in [1.82, 2.24) is 9.80 Å². The summed E-state index contributed by atoms with van der Waals surface area (Å²) in [7, 11) is 0. The first-order chi connectivity index (χ1) is 12.6. The van der Waals surface area contributed by atoms with E-state index in [1.54, 1.807) is 30.0 Å². The summed E-state index contributed by atoms with van der Waals surface area (Å²) in [5.41, 5.74) is 0.974. The van der Waals surface area contributed by atoms with Crippen molar-refractivity contribution in [2.45, 2.75) is 40.2 Å². The largest absolute Gasteiger partial charge is 0.479 e. The van der Waals surface area contributed by atoms with E-state index in [1.165, 1.54) is 0 Å². The van der Waals surface area contributed by atoms with Gasteiger partial charge in [0.25, 0.3) is 11.8 Å². The van der Waals surface area contributed by atoms with Crippen LogP contribution in [-0.4, -0.2) is 59.8 Å². The summed E-state index contributed by atoms with van der Waals surface area (Å²) in [5, 5.41) is 2.76. The van der Waals surface area contributed by atoms with Gasteiger partial charge in [0.15, 0.2) is 6.10 Å². The highest BCUT2D eigenvalue weighted by Gasteiger charge is 2.29. The Morgan fingerprint density at radius 1 is 1.15 bits per heavy atom. The fourth-order valence-corrected chi connectivity index (χ4v) is 3.25. The quantitative estimate of drug-likeness (QED) is 0.861. The first-order valence-electron chi connectivity index (χ1n) is 9.33. The van der Waals surface area contributed by atoms with E-state index in [0.717, 1.165) is 0 Å². The monoisotopic (exact) mass is 373 g/mol. The number of anilines is 1. The van der Waals surface area contributed by atoms with Gasteiger partial charge in [0, 0.05) is 38.2 Å². The molecule has 2 heterocycles. The number of benzene rings is 1. The van der Waals surface area contributed by atoms with E-state index in [-0.39, 0.29) is 23.1 Å². The molecule has 0 spiro atoms. The highest BCUT2D eigenvalue weighted by molar-refractivity contribution is 6.01.